The van der Waals surface area contributed by atoms with Crippen LogP contribution >= 0.6 is 11.8 Å². The fourth-order valence-corrected chi connectivity index (χ4v) is 4.78. The summed E-state index contributed by atoms with van der Waals surface area (Å²) in [7, 11) is 0. The summed E-state index contributed by atoms with van der Waals surface area (Å²) in [5, 5.41) is 9.71. The molecule has 1 aromatic rings. The van der Waals surface area contributed by atoms with Crippen LogP contribution in [0.1, 0.15) is 50.2 Å². The van der Waals surface area contributed by atoms with Crippen molar-refractivity contribution in [1.82, 2.24) is 0 Å². The number of carbonyl (C=O) groups is 1. The zero-order valence-electron chi connectivity index (χ0n) is 13.3. The molecule has 1 N–H and O–H groups in total. The third kappa shape index (κ3) is 4.26. The highest BCUT2D eigenvalue weighted by atomic mass is 32.2. The van der Waals surface area contributed by atoms with Gasteiger partial charge in [-0.2, -0.15) is 0 Å². The Bertz CT molecular complexity index is 498. The molecule has 3 heteroatoms. The van der Waals surface area contributed by atoms with Crippen molar-refractivity contribution in [2.75, 3.05) is 0 Å². The van der Waals surface area contributed by atoms with E-state index in [1.54, 1.807) is 11.8 Å². The van der Waals surface area contributed by atoms with Gasteiger partial charge >= 0.3 is 5.97 Å². The molecule has 21 heavy (non-hydrogen) atoms. The highest BCUT2D eigenvalue weighted by Gasteiger charge is 2.35. The van der Waals surface area contributed by atoms with Crippen LogP contribution in [0.3, 0.4) is 0 Å². The van der Waals surface area contributed by atoms with Gasteiger partial charge in [-0.05, 0) is 62.3 Å². The Hall–Kier alpha value is -0.960. The summed E-state index contributed by atoms with van der Waals surface area (Å²) in [6, 6.07) is 6.47. The van der Waals surface area contributed by atoms with Gasteiger partial charge in [-0.15, -0.1) is 11.8 Å². The average molecular weight is 306 g/mol. The second kappa shape index (κ2) is 7.35. The van der Waals surface area contributed by atoms with Crippen LogP contribution in [0, 0.1) is 25.7 Å². The SMILES string of the molecule is CCCC1CCC(C(=O)O)C(Sc2ccc(C)c(C)c2)C1. The van der Waals surface area contributed by atoms with Gasteiger partial charge in [-0.3, -0.25) is 4.79 Å². The molecule has 1 fully saturated rings. The van der Waals surface area contributed by atoms with Crippen molar-refractivity contribution in [2.24, 2.45) is 11.8 Å². The van der Waals surface area contributed by atoms with Crippen LogP contribution in [0.25, 0.3) is 0 Å². The Kier molecular flexibility index (Phi) is 5.74. The van der Waals surface area contributed by atoms with Gasteiger partial charge in [-0.25, -0.2) is 0 Å². The van der Waals surface area contributed by atoms with E-state index in [1.165, 1.54) is 28.9 Å². The molecule has 1 aliphatic rings. The van der Waals surface area contributed by atoms with E-state index in [2.05, 4.69) is 39.0 Å². The van der Waals surface area contributed by atoms with Crippen molar-refractivity contribution in [3.8, 4) is 0 Å². The van der Waals surface area contributed by atoms with Crippen LogP contribution in [-0.2, 0) is 4.79 Å². The van der Waals surface area contributed by atoms with Gasteiger partial charge in [0.2, 0.25) is 0 Å². The van der Waals surface area contributed by atoms with Gasteiger partial charge in [0, 0.05) is 10.1 Å². The van der Waals surface area contributed by atoms with E-state index in [-0.39, 0.29) is 11.2 Å². The quantitative estimate of drug-likeness (QED) is 0.825. The van der Waals surface area contributed by atoms with Crippen LogP contribution in [0.15, 0.2) is 23.1 Å². The lowest BCUT2D eigenvalue weighted by Gasteiger charge is -2.33. The summed E-state index contributed by atoms with van der Waals surface area (Å²) >= 11 is 1.77. The largest absolute Gasteiger partial charge is 0.481 e. The molecule has 1 aromatic carbocycles. The smallest absolute Gasteiger partial charge is 0.307 e. The van der Waals surface area contributed by atoms with E-state index in [4.69, 9.17) is 0 Å². The Morgan fingerprint density at radius 1 is 1.29 bits per heavy atom. The molecule has 1 saturated carbocycles. The van der Waals surface area contributed by atoms with Gasteiger partial charge in [0.25, 0.3) is 0 Å². The zero-order valence-corrected chi connectivity index (χ0v) is 14.1. The van der Waals surface area contributed by atoms with Gasteiger partial charge in [0.15, 0.2) is 0 Å². The standard InChI is InChI=1S/C18H26O2S/c1-4-5-14-7-9-16(18(19)20)17(11-14)21-15-8-6-12(2)13(3)10-15/h6,8,10,14,16-17H,4-5,7,9,11H2,1-3H3,(H,19,20). The molecule has 0 heterocycles. The van der Waals surface area contributed by atoms with Crippen molar-refractivity contribution in [1.29, 1.82) is 0 Å². The highest BCUT2D eigenvalue weighted by Crippen LogP contribution is 2.41. The molecule has 1 aliphatic carbocycles. The zero-order chi connectivity index (χ0) is 15.4. The number of thioether (sulfide) groups is 1. The monoisotopic (exact) mass is 306 g/mol. The lowest BCUT2D eigenvalue weighted by atomic mass is 9.80. The van der Waals surface area contributed by atoms with Crippen molar-refractivity contribution >= 4 is 17.7 Å². The molecule has 3 atom stereocenters. The minimum absolute atomic E-state index is 0.190. The molecule has 2 rings (SSSR count). The van der Waals surface area contributed by atoms with E-state index in [9.17, 15) is 9.90 Å². The van der Waals surface area contributed by atoms with E-state index < -0.39 is 5.97 Å². The maximum Gasteiger partial charge on any atom is 0.307 e. The number of carboxylic acid groups (broad SMARTS) is 1. The molecule has 3 unspecified atom stereocenters. The number of aliphatic carboxylic acids is 1. The van der Waals surface area contributed by atoms with Crippen LogP contribution in [0.2, 0.25) is 0 Å². The van der Waals surface area contributed by atoms with Crippen LogP contribution in [0.4, 0.5) is 0 Å². The molecule has 0 aromatic heterocycles. The van der Waals surface area contributed by atoms with Gasteiger partial charge in [-0.1, -0.05) is 25.8 Å². The van der Waals surface area contributed by atoms with Crippen molar-refractivity contribution in [2.45, 2.75) is 63.0 Å². The molecule has 0 spiro atoms. The van der Waals surface area contributed by atoms with Crippen molar-refractivity contribution in [3.05, 3.63) is 29.3 Å². The Morgan fingerprint density at radius 2 is 2.05 bits per heavy atom. The number of hydrogen-bond acceptors (Lipinski definition) is 2. The Morgan fingerprint density at radius 3 is 2.67 bits per heavy atom. The summed E-state index contributed by atoms with van der Waals surface area (Å²) in [5.74, 6) is -0.106. The second-order valence-electron chi connectivity index (χ2n) is 6.31. The number of hydrogen-bond donors (Lipinski definition) is 1. The minimum atomic E-state index is -0.619. The summed E-state index contributed by atoms with van der Waals surface area (Å²) in [6.07, 6.45) is 5.39. The van der Waals surface area contributed by atoms with Crippen molar-refractivity contribution in [3.63, 3.8) is 0 Å². The number of carboxylic acids is 1. The average Bonchev–Trinajstić information content (AvgIpc) is 2.43. The maximum atomic E-state index is 11.5. The highest BCUT2D eigenvalue weighted by molar-refractivity contribution is 8.00. The number of aryl methyl sites for hydroxylation is 2. The first-order chi connectivity index (χ1) is 10.0. The first-order valence-electron chi connectivity index (χ1n) is 7.98. The van der Waals surface area contributed by atoms with Crippen LogP contribution in [-0.4, -0.2) is 16.3 Å². The Labute approximate surface area is 132 Å². The van der Waals surface area contributed by atoms with Gasteiger partial charge in [0.1, 0.15) is 0 Å². The molecule has 0 aliphatic heterocycles. The molecular formula is C18H26O2S. The normalized spacial score (nSPS) is 25.8. The second-order valence-corrected chi connectivity index (χ2v) is 7.63. The molecule has 0 bridgehead atoms. The topological polar surface area (TPSA) is 37.3 Å². The fourth-order valence-electron chi connectivity index (χ4n) is 3.26. The molecule has 116 valence electrons. The molecule has 0 amide bonds. The van der Waals surface area contributed by atoms with Crippen LogP contribution < -0.4 is 0 Å². The third-order valence-electron chi connectivity index (χ3n) is 4.68. The summed E-state index contributed by atoms with van der Waals surface area (Å²) in [6.45, 7) is 6.45. The molecule has 0 saturated heterocycles. The van der Waals surface area contributed by atoms with E-state index in [1.807, 2.05) is 0 Å². The maximum absolute atomic E-state index is 11.5. The summed E-state index contributed by atoms with van der Waals surface area (Å²) in [4.78, 5) is 12.7. The predicted molar refractivity (Wildman–Crippen MR) is 88.9 cm³/mol. The van der Waals surface area contributed by atoms with Gasteiger partial charge < -0.3 is 5.11 Å². The summed E-state index contributed by atoms with van der Waals surface area (Å²) in [5.41, 5.74) is 2.58. The number of rotatable bonds is 5. The molecule has 0 radical (unpaired) electrons. The van der Waals surface area contributed by atoms with E-state index in [0.717, 1.165) is 19.3 Å². The lowest BCUT2D eigenvalue weighted by molar-refractivity contribution is -0.142. The van der Waals surface area contributed by atoms with E-state index in [0.29, 0.717) is 5.92 Å². The molecular weight excluding hydrogens is 280 g/mol. The summed E-state index contributed by atoms with van der Waals surface area (Å²) < 4.78 is 0. The van der Waals surface area contributed by atoms with E-state index >= 15 is 0 Å². The third-order valence-corrected chi connectivity index (χ3v) is 6.03. The first-order valence-corrected chi connectivity index (χ1v) is 8.86. The van der Waals surface area contributed by atoms with Crippen LogP contribution in [0.5, 0.6) is 0 Å². The minimum Gasteiger partial charge on any atom is -0.481 e. The number of benzene rings is 1. The first kappa shape index (κ1) is 16.4. The van der Waals surface area contributed by atoms with Crippen molar-refractivity contribution < 1.29 is 9.90 Å². The van der Waals surface area contributed by atoms with Gasteiger partial charge in [0.05, 0.1) is 5.92 Å². The Balaban J connectivity index is 2.11. The molecule has 2 nitrogen and oxygen atoms in total. The predicted octanol–water partition coefficient (Wildman–Crippen LogP) is 5.07. The fraction of sp³-hybridized carbons (Fsp3) is 0.611. The lowest BCUT2D eigenvalue weighted by Crippen LogP contribution is -2.32.